The number of rotatable bonds is 3. The van der Waals surface area contributed by atoms with Gasteiger partial charge in [0.05, 0.1) is 7.11 Å². The van der Waals surface area contributed by atoms with Gasteiger partial charge < -0.3 is 4.74 Å². The summed E-state index contributed by atoms with van der Waals surface area (Å²) in [4.78, 5) is 5.36. The summed E-state index contributed by atoms with van der Waals surface area (Å²) in [7, 11) is 1.75. The van der Waals surface area contributed by atoms with Gasteiger partial charge in [-0.1, -0.05) is 6.07 Å². The Morgan fingerprint density at radius 2 is 1.95 bits per heavy atom. The summed E-state index contributed by atoms with van der Waals surface area (Å²) < 4.78 is 5.43. The number of hydrogen-bond donors (Lipinski definition) is 0. The summed E-state index contributed by atoms with van der Waals surface area (Å²) in [6.07, 6.45) is 2.75. The van der Waals surface area contributed by atoms with E-state index < -0.39 is 0 Å². The Balaban J connectivity index is 1.76. The second kappa shape index (κ2) is 5.98. The highest BCUT2D eigenvalue weighted by atomic mass is 16.5. The minimum Gasteiger partial charge on any atom is -0.496 e. The summed E-state index contributed by atoms with van der Waals surface area (Å²) in [5.41, 5.74) is 4.04. The number of ether oxygens (including phenoxy) is 1. The molecule has 3 nitrogen and oxygen atoms in total. The third-order valence-corrected chi connectivity index (χ3v) is 5.45. The number of piperazine rings is 1. The topological polar surface area (TPSA) is 15.7 Å². The molecule has 2 heterocycles. The first kappa shape index (κ1) is 14.9. The third-order valence-electron chi connectivity index (χ3n) is 5.45. The zero-order valence-corrected chi connectivity index (χ0v) is 13.9. The molecule has 0 bridgehead atoms. The van der Waals surface area contributed by atoms with Crippen LogP contribution in [0.25, 0.3) is 0 Å². The molecule has 0 radical (unpaired) electrons. The predicted octanol–water partition coefficient (Wildman–Crippen LogP) is 2.98. The Labute approximate surface area is 128 Å². The van der Waals surface area contributed by atoms with E-state index in [1.807, 2.05) is 0 Å². The van der Waals surface area contributed by atoms with Crippen LogP contribution in [0.2, 0.25) is 0 Å². The molecule has 2 aliphatic heterocycles. The minimum absolute atomic E-state index is 0.669. The van der Waals surface area contributed by atoms with Crippen molar-refractivity contribution in [2.24, 2.45) is 0 Å². The minimum atomic E-state index is 0.669. The Kier molecular flexibility index (Phi) is 4.23. The van der Waals surface area contributed by atoms with Gasteiger partial charge in [0.25, 0.3) is 0 Å². The molecule has 0 aromatic heterocycles. The normalized spacial score (nSPS) is 26.9. The Morgan fingerprint density at radius 3 is 2.71 bits per heavy atom. The molecule has 0 aliphatic carbocycles. The number of nitrogens with zero attached hydrogens (tertiary/aromatic N) is 2. The van der Waals surface area contributed by atoms with Crippen molar-refractivity contribution in [2.45, 2.75) is 52.2 Å². The van der Waals surface area contributed by atoms with E-state index in [1.165, 1.54) is 49.2 Å². The first-order chi connectivity index (χ1) is 10.1. The van der Waals surface area contributed by atoms with Gasteiger partial charge in [-0.2, -0.15) is 0 Å². The maximum Gasteiger partial charge on any atom is 0.122 e. The highest BCUT2D eigenvalue weighted by molar-refractivity contribution is 5.41. The zero-order chi connectivity index (χ0) is 15.0. The Morgan fingerprint density at radius 1 is 1.14 bits per heavy atom. The van der Waals surface area contributed by atoms with E-state index in [2.05, 4.69) is 42.7 Å². The highest BCUT2D eigenvalue weighted by Crippen LogP contribution is 2.29. The van der Waals surface area contributed by atoms with Crippen molar-refractivity contribution < 1.29 is 4.74 Å². The van der Waals surface area contributed by atoms with Crippen LogP contribution in [0, 0.1) is 13.8 Å². The molecule has 2 fully saturated rings. The fourth-order valence-electron chi connectivity index (χ4n) is 4.06. The quantitative estimate of drug-likeness (QED) is 0.850. The Hall–Kier alpha value is -1.06. The maximum atomic E-state index is 5.43. The maximum absolute atomic E-state index is 5.43. The standard InChI is InChI=1S/C18H28N2O/c1-13-11-18(21-4)14(2)10-16(13)12-20-9-8-19-7-5-6-17(19)15(20)3/h10-11,15,17H,5-9,12H2,1-4H3. The highest BCUT2D eigenvalue weighted by Gasteiger charge is 2.36. The average molecular weight is 288 g/mol. The molecule has 116 valence electrons. The van der Waals surface area contributed by atoms with Crippen LogP contribution in [0.5, 0.6) is 5.75 Å². The number of benzene rings is 1. The lowest BCUT2D eigenvalue weighted by atomic mass is 9.99. The molecule has 0 amide bonds. The molecule has 3 rings (SSSR count). The van der Waals surface area contributed by atoms with Crippen molar-refractivity contribution in [1.29, 1.82) is 0 Å². The van der Waals surface area contributed by atoms with Crippen LogP contribution >= 0.6 is 0 Å². The first-order valence-electron chi connectivity index (χ1n) is 8.22. The van der Waals surface area contributed by atoms with Gasteiger partial charge in [-0.25, -0.2) is 0 Å². The molecular weight excluding hydrogens is 260 g/mol. The monoisotopic (exact) mass is 288 g/mol. The summed E-state index contributed by atoms with van der Waals surface area (Å²) in [5.74, 6) is 1.00. The van der Waals surface area contributed by atoms with E-state index >= 15 is 0 Å². The Bertz CT molecular complexity index is 514. The van der Waals surface area contributed by atoms with Crippen molar-refractivity contribution in [3.05, 3.63) is 28.8 Å². The molecule has 3 heteroatoms. The lowest BCUT2D eigenvalue weighted by molar-refractivity contribution is 0.0469. The van der Waals surface area contributed by atoms with Gasteiger partial charge in [-0.05, 0) is 62.9 Å². The molecule has 0 spiro atoms. The molecule has 0 saturated carbocycles. The average Bonchev–Trinajstić information content (AvgIpc) is 2.94. The summed E-state index contributed by atoms with van der Waals surface area (Å²) in [5, 5.41) is 0. The molecule has 0 N–H and O–H groups in total. The lowest BCUT2D eigenvalue weighted by Crippen LogP contribution is -2.55. The van der Waals surface area contributed by atoms with E-state index in [-0.39, 0.29) is 0 Å². The van der Waals surface area contributed by atoms with Crippen LogP contribution in [0.15, 0.2) is 12.1 Å². The van der Waals surface area contributed by atoms with Crippen molar-refractivity contribution in [3.8, 4) is 5.75 Å². The van der Waals surface area contributed by atoms with Crippen molar-refractivity contribution in [2.75, 3.05) is 26.7 Å². The van der Waals surface area contributed by atoms with E-state index in [0.29, 0.717) is 6.04 Å². The molecular formula is C18H28N2O. The number of fused-ring (bicyclic) bond motifs is 1. The third kappa shape index (κ3) is 2.82. The van der Waals surface area contributed by atoms with Gasteiger partial charge in [0, 0.05) is 31.7 Å². The molecule has 21 heavy (non-hydrogen) atoms. The van der Waals surface area contributed by atoms with E-state index in [1.54, 1.807) is 7.11 Å². The fourth-order valence-corrected chi connectivity index (χ4v) is 4.06. The van der Waals surface area contributed by atoms with Gasteiger partial charge >= 0.3 is 0 Å². The molecule has 1 aromatic rings. The van der Waals surface area contributed by atoms with Crippen LogP contribution in [-0.4, -0.2) is 48.6 Å². The van der Waals surface area contributed by atoms with Gasteiger partial charge in [0.2, 0.25) is 0 Å². The van der Waals surface area contributed by atoms with Crippen molar-refractivity contribution in [3.63, 3.8) is 0 Å². The lowest BCUT2D eigenvalue weighted by Gasteiger charge is -2.43. The molecule has 1 aromatic carbocycles. The zero-order valence-electron chi connectivity index (χ0n) is 13.9. The molecule has 2 aliphatic rings. The molecule has 2 atom stereocenters. The molecule has 2 unspecified atom stereocenters. The molecule has 2 saturated heterocycles. The SMILES string of the molecule is COc1cc(C)c(CN2CCN3CCCC3C2C)cc1C. The van der Waals surface area contributed by atoms with Crippen molar-refractivity contribution in [1.82, 2.24) is 9.80 Å². The van der Waals surface area contributed by atoms with Gasteiger partial charge in [0.1, 0.15) is 5.75 Å². The van der Waals surface area contributed by atoms with E-state index in [0.717, 1.165) is 18.3 Å². The summed E-state index contributed by atoms with van der Waals surface area (Å²) in [6.45, 7) is 11.6. The van der Waals surface area contributed by atoms with Gasteiger partial charge in [-0.15, -0.1) is 0 Å². The summed E-state index contributed by atoms with van der Waals surface area (Å²) >= 11 is 0. The second-order valence-electron chi connectivity index (χ2n) is 6.70. The number of methoxy groups -OCH3 is 1. The predicted molar refractivity (Wildman–Crippen MR) is 86.9 cm³/mol. The number of aryl methyl sites for hydroxylation is 2. The first-order valence-corrected chi connectivity index (χ1v) is 8.22. The second-order valence-corrected chi connectivity index (χ2v) is 6.70. The van der Waals surface area contributed by atoms with E-state index in [4.69, 9.17) is 4.74 Å². The van der Waals surface area contributed by atoms with Crippen LogP contribution in [-0.2, 0) is 6.54 Å². The summed E-state index contributed by atoms with van der Waals surface area (Å²) in [6, 6.07) is 5.93. The van der Waals surface area contributed by atoms with Gasteiger partial charge in [0.15, 0.2) is 0 Å². The van der Waals surface area contributed by atoms with Crippen LogP contribution < -0.4 is 4.74 Å². The van der Waals surface area contributed by atoms with Crippen LogP contribution in [0.1, 0.15) is 36.5 Å². The van der Waals surface area contributed by atoms with Crippen molar-refractivity contribution >= 4 is 0 Å². The smallest absolute Gasteiger partial charge is 0.122 e. The van der Waals surface area contributed by atoms with E-state index in [9.17, 15) is 0 Å². The van der Waals surface area contributed by atoms with Crippen LogP contribution in [0.3, 0.4) is 0 Å². The van der Waals surface area contributed by atoms with Gasteiger partial charge in [-0.3, -0.25) is 9.80 Å². The fraction of sp³-hybridized carbons (Fsp3) is 0.667. The number of hydrogen-bond acceptors (Lipinski definition) is 3. The van der Waals surface area contributed by atoms with Crippen LogP contribution in [0.4, 0.5) is 0 Å². The largest absolute Gasteiger partial charge is 0.496 e.